The van der Waals surface area contributed by atoms with Crippen LogP contribution in [0.2, 0.25) is 0 Å². The summed E-state index contributed by atoms with van der Waals surface area (Å²) in [5.41, 5.74) is 4.40. The van der Waals surface area contributed by atoms with Gasteiger partial charge in [-0.3, -0.25) is 4.79 Å². The number of hydrogen-bond acceptors (Lipinski definition) is 2. The molecule has 0 atom stereocenters. The zero-order valence-corrected chi connectivity index (χ0v) is 13.3. The molecule has 0 unspecified atom stereocenters. The maximum Gasteiger partial charge on any atom is 0.178 e. The van der Waals surface area contributed by atoms with Crippen LogP contribution in [0.4, 0.5) is 5.69 Å². The van der Waals surface area contributed by atoms with Gasteiger partial charge in [-0.2, -0.15) is 0 Å². The van der Waals surface area contributed by atoms with Crippen molar-refractivity contribution in [3.63, 3.8) is 0 Å². The normalized spacial score (nSPS) is 11.2. The number of nitrogens with zero attached hydrogens (tertiary/aromatic N) is 1. The Balaban J connectivity index is 1.97. The van der Waals surface area contributed by atoms with Crippen LogP contribution in [0.5, 0.6) is 0 Å². The first-order valence-electron chi connectivity index (χ1n) is 7.29. The molecule has 2 rings (SSSR count). The van der Waals surface area contributed by atoms with Gasteiger partial charge in [0.15, 0.2) is 5.78 Å². The van der Waals surface area contributed by atoms with Crippen molar-refractivity contribution in [2.45, 2.75) is 6.92 Å². The highest BCUT2D eigenvalue weighted by Crippen LogP contribution is 2.13. The van der Waals surface area contributed by atoms with Crippen LogP contribution >= 0.6 is 0 Å². The number of hydrogen-bond donors (Lipinski definition) is 0. The van der Waals surface area contributed by atoms with Gasteiger partial charge in [0.1, 0.15) is 0 Å². The van der Waals surface area contributed by atoms with Crippen molar-refractivity contribution in [2.24, 2.45) is 0 Å². The minimum absolute atomic E-state index is 0.0164. The number of benzene rings is 2. The Morgan fingerprint density at radius 2 is 1.27 bits per heavy atom. The highest BCUT2D eigenvalue weighted by atomic mass is 16.1. The van der Waals surface area contributed by atoms with Crippen molar-refractivity contribution in [3.05, 3.63) is 77.4 Å². The van der Waals surface area contributed by atoms with E-state index in [2.05, 4.69) is 0 Å². The standard InChI is InChI=1S/C20H21NO/c1-16-4-6-17(7-5-16)10-14-20(22)15-11-18-8-12-19(13-9-18)21(2)3/h4-15H,1-3H3/b14-10+,15-11+. The van der Waals surface area contributed by atoms with Crippen LogP contribution in [-0.2, 0) is 4.79 Å². The minimum atomic E-state index is -0.0164. The number of carbonyl (C=O) groups excluding carboxylic acids is 1. The molecule has 0 heterocycles. The van der Waals surface area contributed by atoms with Gasteiger partial charge in [0.2, 0.25) is 0 Å². The van der Waals surface area contributed by atoms with Crippen molar-refractivity contribution in [2.75, 3.05) is 19.0 Å². The topological polar surface area (TPSA) is 20.3 Å². The van der Waals surface area contributed by atoms with E-state index in [1.165, 1.54) is 5.56 Å². The van der Waals surface area contributed by atoms with E-state index in [1.54, 1.807) is 12.2 Å². The Kier molecular flexibility index (Phi) is 5.31. The lowest BCUT2D eigenvalue weighted by Gasteiger charge is -2.11. The second-order valence-corrected chi connectivity index (χ2v) is 5.47. The fourth-order valence-electron chi connectivity index (χ4n) is 1.97. The number of rotatable bonds is 5. The molecule has 0 radical (unpaired) electrons. The molecule has 112 valence electrons. The molecule has 2 aromatic rings. The summed E-state index contributed by atoms with van der Waals surface area (Å²) < 4.78 is 0. The average molecular weight is 291 g/mol. The molecule has 0 aromatic heterocycles. The molecule has 0 fully saturated rings. The monoisotopic (exact) mass is 291 g/mol. The highest BCUT2D eigenvalue weighted by molar-refractivity contribution is 6.04. The van der Waals surface area contributed by atoms with Crippen LogP contribution < -0.4 is 4.90 Å². The number of carbonyl (C=O) groups is 1. The van der Waals surface area contributed by atoms with Crippen molar-refractivity contribution in [1.29, 1.82) is 0 Å². The van der Waals surface area contributed by atoms with E-state index in [4.69, 9.17) is 0 Å². The summed E-state index contributed by atoms with van der Waals surface area (Å²) in [4.78, 5) is 13.9. The zero-order chi connectivity index (χ0) is 15.9. The van der Waals surface area contributed by atoms with E-state index in [9.17, 15) is 4.79 Å². The molecule has 0 bridgehead atoms. The summed E-state index contributed by atoms with van der Waals surface area (Å²) in [6, 6.07) is 16.1. The molecule has 2 nitrogen and oxygen atoms in total. The third kappa shape index (κ3) is 4.74. The van der Waals surface area contributed by atoms with Crippen LogP contribution in [0.25, 0.3) is 12.2 Å². The van der Waals surface area contributed by atoms with Crippen molar-refractivity contribution >= 4 is 23.6 Å². The number of anilines is 1. The largest absolute Gasteiger partial charge is 0.378 e. The summed E-state index contributed by atoms with van der Waals surface area (Å²) in [7, 11) is 4.01. The predicted molar refractivity (Wildman–Crippen MR) is 95.0 cm³/mol. The van der Waals surface area contributed by atoms with Gasteiger partial charge in [-0.15, -0.1) is 0 Å². The van der Waals surface area contributed by atoms with Gasteiger partial charge in [0, 0.05) is 19.8 Å². The van der Waals surface area contributed by atoms with Gasteiger partial charge in [0.05, 0.1) is 0 Å². The SMILES string of the molecule is Cc1ccc(/C=C/C(=O)/C=C/c2ccc(N(C)C)cc2)cc1. The van der Waals surface area contributed by atoms with E-state index in [0.717, 1.165) is 16.8 Å². The second kappa shape index (κ2) is 7.41. The van der Waals surface area contributed by atoms with Gasteiger partial charge in [0.25, 0.3) is 0 Å². The summed E-state index contributed by atoms with van der Waals surface area (Å²) in [6.45, 7) is 2.04. The molecular formula is C20H21NO. The molecule has 0 saturated carbocycles. The third-order valence-corrected chi connectivity index (χ3v) is 3.37. The number of ketones is 1. The average Bonchev–Trinajstić information content (AvgIpc) is 2.52. The molecule has 0 spiro atoms. The van der Waals surface area contributed by atoms with Gasteiger partial charge in [-0.1, -0.05) is 54.1 Å². The van der Waals surface area contributed by atoms with Crippen molar-refractivity contribution < 1.29 is 4.79 Å². The molecular weight excluding hydrogens is 270 g/mol. The quantitative estimate of drug-likeness (QED) is 0.763. The van der Waals surface area contributed by atoms with Gasteiger partial charge in [-0.05, 0) is 42.3 Å². The summed E-state index contributed by atoms with van der Waals surface area (Å²) in [5.74, 6) is -0.0164. The molecule has 2 heteroatoms. The molecule has 2 aromatic carbocycles. The second-order valence-electron chi connectivity index (χ2n) is 5.47. The van der Waals surface area contributed by atoms with Crippen LogP contribution in [0.1, 0.15) is 16.7 Å². The van der Waals surface area contributed by atoms with E-state index in [-0.39, 0.29) is 5.78 Å². The Hall–Kier alpha value is -2.61. The van der Waals surface area contributed by atoms with Crippen molar-refractivity contribution in [3.8, 4) is 0 Å². The van der Waals surface area contributed by atoms with E-state index in [0.29, 0.717) is 0 Å². The van der Waals surface area contributed by atoms with Crippen LogP contribution in [0, 0.1) is 6.92 Å². The molecule has 22 heavy (non-hydrogen) atoms. The Bertz CT molecular complexity index is 677. The number of allylic oxidation sites excluding steroid dienone is 2. The lowest BCUT2D eigenvalue weighted by Crippen LogP contribution is -2.07. The molecule has 0 aliphatic rings. The van der Waals surface area contributed by atoms with E-state index < -0.39 is 0 Å². The maximum absolute atomic E-state index is 11.8. The minimum Gasteiger partial charge on any atom is -0.378 e. The maximum atomic E-state index is 11.8. The van der Waals surface area contributed by atoms with Crippen LogP contribution in [0.3, 0.4) is 0 Å². The Morgan fingerprint density at radius 3 is 1.73 bits per heavy atom. The Morgan fingerprint density at radius 1 is 0.818 bits per heavy atom. The van der Waals surface area contributed by atoms with Gasteiger partial charge < -0.3 is 4.90 Å². The third-order valence-electron chi connectivity index (χ3n) is 3.37. The molecule has 0 aliphatic carbocycles. The molecule has 0 N–H and O–H groups in total. The smallest absolute Gasteiger partial charge is 0.178 e. The first kappa shape index (κ1) is 15.8. The van der Waals surface area contributed by atoms with Crippen LogP contribution in [-0.4, -0.2) is 19.9 Å². The lowest BCUT2D eigenvalue weighted by molar-refractivity contribution is -0.110. The molecule has 0 saturated heterocycles. The fraction of sp³-hybridized carbons (Fsp3) is 0.150. The predicted octanol–water partition coefficient (Wildman–Crippen LogP) is 4.36. The summed E-state index contributed by atoms with van der Waals surface area (Å²) in [5, 5.41) is 0. The fourth-order valence-corrected chi connectivity index (χ4v) is 1.97. The highest BCUT2D eigenvalue weighted by Gasteiger charge is 1.95. The summed E-state index contributed by atoms with van der Waals surface area (Å²) in [6.07, 6.45) is 6.85. The zero-order valence-electron chi connectivity index (χ0n) is 13.3. The lowest BCUT2D eigenvalue weighted by atomic mass is 10.1. The Labute approximate surface area is 132 Å². The van der Waals surface area contributed by atoms with Gasteiger partial charge in [-0.25, -0.2) is 0 Å². The van der Waals surface area contributed by atoms with E-state index in [1.807, 2.05) is 86.6 Å². The van der Waals surface area contributed by atoms with Crippen molar-refractivity contribution in [1.82, 2.24) is 0 Å². The number of aryl methyl sites for hydroxylation is 1. The molecule has 0 amide bonds. The first-order valence-corrected chi connectivity index (χ1v) is 7.29. The van der Waals surface area contributed by atoms with Crippen LogP contribution in [0.15, 0.2) is 60.7 Å². The van der Waals surface area contributed by atoms with Gasteiger partial charge >= 0.3 is 0 Å². The first-order chi connectivity index (χ1) is 10.5. The van der Waals surface area contributed by atoms with E-state index >= 15 is 0 Å². The summed E-state index contributed by atoms with van der Waals surface area (Å²) >= 11 is 0. The molecule has 0 aliphatic heterocycles.